The van der Waals surface area contributed by atoms with Gasteiger partial charge >= 0.3 is 5.97 Å². The van der Waals surface area contributed by atoms with Crippen LogP contribution in [0.3, 0.4) is 0 Å². The van der Waals surface area contributed by atoms with E-state index in [0.717, 1.165) is 25.8 Å². The monoisotopic (exact) mass is 491 g/mol. The smallest absolute Gasteiger partial charge is 0.333 e. The number of imide groups is 1. The normalized spacial score (nSPS) is 18.2. The van der Waals surface area contributed by atoms with Crippen LogP contribution < -0.4 is 10.2 Å². The number of hydroxylamine groups is 2. The summed E-state index contributed by atoms with van der Waals surface area (Å²) in [7, 11) is 4.16. The van der Waals surface area contributed by atoms with Crippen molar-refractivity contribution in [3.8, 4) is 0 Å². The summed E-state index contributed by atoms with van der Waals surface area (Å²) in [6, 6.07) is 6.74. The zero-order chi connectivity index (χ0) is 25.9. The molecule has 0 radical (unpaired) electrons. The van der Waals surface area contributed by atoms with Crippen molar-refractivity contribution in [2.24, 2.45) is 0 Å². The summed E-state index contributed by atoms with van der Waals surface area (Å²) < 4.78 is 0. The lowest BCUT2D eigenvalue weighted by Crippen LogP contribution is -2.32. The van der Waals surface area contributed by atoms with Crippen LogP contribution in [0.25, 0.3) is 6.08 Å². The minimum absolute atomic E-state index is 0.0223. The Bertz CT molecular complexity index is 1130. The van der Waals surface area contributed by atoms with Gasteiger partial charge in [0.2, 0.25) is 0 Å². The van der Waals surface area contributed by atoms with Crippen LogP contribution in [0.5, 0.6) is 0 Å². The maximum Gasteiger partial charge on any atom is 0.333 e. The molecule has 0 saturated carbocycles. The third kappa shape index (κ3) is 5.62. The minimum atomic E-state index is -0.543. The molecule has 0 spiro atoms. The summed E-state index contributed by atoms with van der Waals surface area (Å²) in [4.78, 5) is 41.9. The highest BCUT2D eigenvalue weighted by Gasteiger charge is 2.34. The molecule has 1 heterocycles. The van der Waals surface area contributed by atoms with Crippen molar-refractivity contribution in [2.75, 3.05) is 32.1 Å². The summed E-state index contributed by atoms with van der Waals surface area (Å²) >= 11 is 0. The van der Waals surface area contributed by atoms with E-state index in [0.29, 0.717) is 18.0 Å². The Hall–Kier alpha value is -3.19. The highest BCUT2D eigenvalue weighted by atomic mass is 16.7. The molecule has 3 aliphatic rings. The van der Waals surface area contributed by atoms with Gasteiger partial charge in [-0.3, -0.25) is 9.59 Å². The lowest BCUT2D eigenvalue weighted by atomic mass is 9.67. The Kier molecular flexibility index (Phi) is 7.79. The quantitative estimate of drug-likeness (QED) is 0.385. The zero-order valence-corrected chi connectivity index (χ0v) is 21.9. The van der Waals surface area contributed by atoms with Gasteiger partial charge in [-0.2, -0.15) is 0 Å². The lowest BCUT2D eigenvalue weighted by Gasteiger charge is -2.37. The zero-order valence-electron chi connectivity index (χ0n) is 21.9. The van der Waals surface area contributed by atoms with Crippen molar-refractivity contribution in [1.29, 1.82) is 0 Å². The van der Waals surface area contributed by atoms with Gasteiger partial charge in [0.05, 0.1) is 0 Å². The predicted molar refractivity (Wildman–Crippen MR) is 141 cm³/mol. The van der Waals surface area contributed by atoms with Crippen molar-refractivity contribution in [3.05, 3.63) is 58.2 Å². The van der Waals surface area contributed by atoms with Crippen LogP contribution in [0, 0.1) is 0 Å². The van der Waals surface area contributed by atoms with Gasteiger partial charge in [0.1, 0.15) is 0 Å². The number of anilines is 1. The van der Waals surface area contributed by atoms with E-state index in [-0.39, 0.29) is 24.7 Å². The number of allylic oxidation sites excluding steroid dienone is 5. The molecule has 1 aromatic carbocycles. The number of nitrogens with one attached hydrogen (secondary N) is 1. The molecule has 1 saturated heterocycles. The molecule has 1 fully saturated rings. The molecule has 192 valence electrons. The first-order chi connectivity index (χ1) is 17.2. The molecular formula is C29H37N3O4. The van der Waals surface area contributed by atoms with E-state index < -0.39 is 17.8 Å². The standard InChI is InChI=1S/C29H37N3O4/c1-29(2)24-12-9-20(17-22(24)18-21-10-11-23(31(3)4)19-25(21)29)7-5-15-30-16-6-8-28(35)36-32-26(33)13-14-27(32)34/h10-12,17-19,30H,5-9,13-16H2,1-4H3. The van der Waals surface area contributed by atoms with E-state index >= 15 is 0 Å². The largest absolute Gasteiger partial charge is 0.378 e. The number of benzene rings is 1. The van der Waals surface area contributed by atoms with Crippen LogP contribution >= 0.6 is 0 Å². The Morgan fingerprint density at radius 3 is 2.53 bits per heavy atom. The summed E-state index contributed by atoms with van der Waals surface area (Å²) in [5.41, 5.74) is 8.07. The molecule has 0 atom stereocenters. The van der Waals surface area contributed by atoms with E-state index in [9.17, 15) is 14.4 Å². The Labute approximate surface area is 213 Å². The third-order valence-electron chi connectivity index (χ3n) is 7.23. The summed E-state index contributed by atoms with van der Waals surface area (Å²) in [5.74, 6) is -1.43. The van der Waals surface area contributed by atoms with Crippen LogP contribution in [0.1, 0.15) is 69.9 Å². The predicted octanol–water partition coefficient (Wildman–Crippen LogP) is 4.44. The van der Waals surface area contributed by atoms with Gasteiger partial charge in [0.15, 0.2) is 0 Å². The number of hydrogen-bond donors (Lipinski definition) is 1. The molecule has 2 aliphatic carbocycles. The van der Waals surface area contributed by atoms with Crippen molar-refractivity contribution in [3.63, 3.8) is 0 Å². The average Bonchev–Trinajstić information content (AvgIpc) is 3.15. The van der Waals surface area contributed by atoms with Crippen LogP contribution in [-0.4, -0.2) is 50.0 Å². The fraction of sp³-hybridized carbons (Fsp3) is 0.483. The fourth-order valence-corrected chi connectivity index (χ4v) is 5.15. The average molecular weight is 492 g/mol. The van der Waals surface area contributed by atoms with Crippen LogP contribution in [0.15, 0.2) is 47.1 Å². The van der Waals surface area contributed by atoms with E-state index in [1.54, 1.807) is 0 Å². The Balaban J connectivity index is 1.22. The van der Waals surface area contributed by atoms with Crippen LogP contribution in [-0.2, 0) is 24.6 Å². The second-order valence-corrected chi connectivity index (χ2v) is 10.5. The van der Waals surface area contributed by atoms with Crippen molar-refractivity contribution >= 4 is 29.5 Å². The van der Waals surface area contributed by atoms with Crippen molar-refractivity contribution in [2.45, 2.75) is 64.2 Å². The first-order valence-electron chi connectivity index (χ1n) is 12.9. The molecule has 7 heteroatoms. The molecule has 0 aromatic heterocycles. The van der Waals surface area contributed by atoms with Gasteiger partial charge in [0.25, 0.3) is 11.8 Å². The summed E-state index contributed by atoms with van der Waals surface area (Å²) in [6.07, 6.45) is 11.1. The van der Waals surface area contributed by atoms with E-state index in [1.165, 1.54) is 33.5 Å². The van der Waals surface area contributed by atoms with Crippen LogP contribution in [0.4, 0.5) is 5.69 Å². The molecular weight excluding hydrogens is 454 g/mol. The van der Waals surface area contributed by atoms with E-state index in [1.807, 2.05) is 0 Å². The molecule has 1 aliphatic heterocycles. The first kappa shape index (κ1) is 25.9. The third-order valence-corrected chi connectivity index (χ3v) is 7.23. The first-order valence-corrected chi connectivity index (χ1v) is 12.9. The highest BCUT2D eigenvalue weighted by Crippen LogP contribution is 2.46. The summed E-state index contributed by atoms with van der Waals surface area (Å²) in [6.45, 7) is 6.20. The Morgan fingerprint density at radius 1 is 1.08 bits per heavy atom. The summed E-state index contributed by atoms with van der Waals surface area (Å²) in [5, 5.41) is 3.98. The van der Waals surface area contributed by atoms with Gasteiger partial charge in [0, 0.05) is 44.5 Å². The number of hydrogen-bond acceptors (Lipinski definition) is 6. The van der Waals surface area contributed by atoms with Gasteiger partial charge in [-0.15, -0.1) is 5.06 Å². The number of amides is 2. The van der Waals surface area contributed by atoms with Gasteiger partial charge in [-0.25, -0.2) is 4.79 Å². The van der Waals surface area contributed by atoms with Gasteiger partial charge < -0.3 is 15.1 Å². The number of nitrogens with zero attached hydrogens (tertiary/aromatic N) is 2. The maximum absolute atomic E-state index is 11.9. The molecule has 7 nitrogen and oxygen atoms in total. The number of rotatable bonds is 10. The van der Waals surface area contributed by atoms with Gasteiger partial charge in [-0.05, 0) is 79.3 Å². The lowest BCUT2D eigenvalue weighted by molar-refractivity contribution is -0.197. The molecule has 4 rings (SSSR count). The topological polar surface area (TPSA) is 79.0 Å². The maximum atomic E-state index is 11.9. The minimum Gasteiger partial charge on any atom is -0.378 e. The molecule has 0 bridgehead atoms. The fourth-order valence-electron chi connectivity index (χ4n) is 5.15. The second kappa shape index (κ2) is 10.8. The second-order valence-electron chi connectivity index (χ2n) is 10.5. The number of fused-ring (bicyclic) bond motifs is 2. The van der Waals surface area contributed by atoms with E-state index in [2.05, 4.69) is 74.6 Å². The molecule has 2 amide bonds. The molecule has 0 unspecified atom stereocenters. The SMILES string of the molecule is CN(C)c1ccc2c(c1)C(C)(C)C1=CCC(CCCNCCCC(=O)ON3C(=O)CCC3=O)=CC1=C2. The number of carbonyl (C=O) groups excluding carboxylic acids is 3. The number of carbonyl (C=O) groups is 3. The van der Waals surface area contributed by atoms with Crippen LogP contribution in [0.2, 0.25) is 0 Å². The Morgan fingerprint density at radius 2 is 1.81 bits per heavy atom. The van der Waals surface area contributed by atoms with Gasteiger partial charge in [-0.1, -0.05) is 37.6 Å². The molecule has 36 heavy (non-hydrogen) atoms. The molecule has 1 N–H and O–H groups in total. The van der Waals surface area contributed by atoms with E-state index in [4.69, 9.17) is 4.84 Å². The van der Waals surface area contributed by atoms with Crippen molar-refractivity contribution in [1.82, 2.24) is 10.4 Å². The highest BCUT2D eigenvalue weighted by molar-refractivity contribution is 6.01. The molecule has 1 aromatic rings. The van der Waals surface area contributed by atoms with Crippen molar-refractivity contribution < 1.29 is 19.2 Å².